The van der Waals surface area contributed by atoms with Gasteiger partial charge < -0.3 is 0 Å². The molecule has 1 unspecified atom stereocenters. The van der Waals surface area contributed by atoms with Gasteiger partial charge in [0.15, 0.2) is 0 Å². The first-order valence-electron chi connectivity index (χ1n) is 2.21. The zero-order chi connectivity index (χ0) is 4.41. The fraction of sp³-hybridized carbons (Fsp3) is 1.00. The molecule has 36 valence electrons. The molecule has 1 nitrogen and oxygen atoms in total. The van der Waals surface area contributed by atoms with Crippen molar-refractivity contribution in [2.24, 2.45) is 0 Å². The summed E-state index contributed by atoms with van der Waals surface area (Å²) in [6.45, 7) is 2.24. The average Bonchev–Trinajstić information content (AvgIpc) is 1.86. The topological polar surface area (TPSA) is 12.0 Å². The van der Waals surface area contributed by atoms with Gasteiger partial charge in [0.2, 0.25) is 0 Å². The van der Waals surface area contributed by atoms with E-state index in [9.17, 15) is 0 Å². The van der Waals surface area contributed by atoms with Crippen LogP contribution < -0.4 is 5.32 Å². The van der Waals surface area contributed by atoms with Crippen LogP contribution >= 0.6 is 0 Å². The predicted molar refractivity (Wildman–Crippen MR) is 28.0 cm³/mol. The third-order valence-corrected chi connectivity index (χ3v) is 3.22. The summed E-state index contributed by atoms with van der Waals surface area (Å²) in [6, 6.07) is 0.824. The Kier molecular flexibility index (Phi) is 1.52. The van der Waals surface area contributed by atoms with E-state index in [1.54, 1.807) is 0 Å². The molecule has 0 bridgehead atoms. The van der Waals surface area contributed by atoms with Crippen LogP contribution in [0.2, 0.25) is 5.32 Å². The summed E-state index contributed by atoms with van der Waals surface area (Å²) in [6.07, 6.45) is 0. The molecule has 0 aromatic heterocycles. The Labute approximate surface area is 44.7 Å². The van der Waals surface area contributed by atoms with Crippen molar-refractivity contribution in [3.8, 4) is 0 Å². The first-order valence-corrected chi connectivity index (χ1v) is 4.63. The number of rotatable bonds is 0. The van der Waals surface area contributed by atoms with Crippen molar-refractivity contribution in [3.05, 3.63) is 0 Å². The van der Waals surface area contributed by atoms with E-state index >= 15 is 0 Å². The molecule has 1 fully saturated rings. The Morgan fingerprint density at radius 2 is 2.67 bits per heavy atom. The standard InChI is InChI=1S/C4H9NSe/c1-4-2-6-3-5-4/h4-5H,2-3H2,1H3. The van der Waals surface area contributed by atoms with Gasteiger partial charge in [-0.2, -0.15) is 0 Å². The van der Waals surface area contributed by atoms with E-state index in [-0.39, 0.29) is 0 Å². The number of hydrogen-bond acceptors (Lipinski definition) is 1. The summed E-state index contributed by atoms with van der Waals surface area (Å²) >= 11 is 0.930. The van der Waals surface area contributed by atoms with Crippen molar-refractivity contribution in [2.75, 3.05) is 5.44 Å². The Morgan fingerprint density at radius 3 is 2.83 bits per heavy atom. The molecule has 1 heterocycles. The molecule has 0 saturated carbocycles. The van der Waals surface area contributed by atoms with Crippen LogP contribution in [0.25, 0.3) is 0 Å². The summed E-state index contributed by atoms with van der Waals surface area (Å²) in [7, 11) is 0. The van der Waals surface area contributed by atoms with Crippen LogP contribution in [-0.4, -0.2) is 26.4 Å². The second kappa shape index (κ2) is 1.97. The first-order chi connectivity index (χ1) is 2.89. The van der Waals surface area contributed by atoms with Crippen LogP contribution in [0, 0.1) is 0 Å². The maximum absolute atomic E-state index is 3.35. The second-order valence-corrected chi connectivity index (χ2v) is 3.78. The Morgan fingerprint density at radius 1 is 1.83 bits per heavy atom. The van der Waals surface area contributed by atoms with Gasteiger partial charge in [0, 0.05) is 0 Å². The summed E-state index contributed by atoms with van der Waals surface area (Å²) in [4.78, 5) is 0. The normalized spacial score (nSPS) is 34.5. The average molecular weight is 150 g/mol. The maximum atomic E-state index is 3.35. The van der Waals surface area contributed by atoms with E-state index in [1.165, 1.54) is 10.8 Å². The molecule has 1 aliphatic rings. The van der Waals surface area contributed by atoms with Gasteiger partial charge >= 0.3 is 44.0 Å². The Bertz CT molecular complexity index is 40.8. The fourth-order valence-corrected chi connectivity index (χ4v) is 2.58. The van der Waals surface area contributed by atoms with E-state index < -0.39 is 0 Å². The van der Waals surface area contributed by atoms with Crippen molar-refractivity contribution < 1.29 is 0 Å². The number of nitrogens with one attached hydrogen (secondary N) is 1. The molecule has 0 spiro atoms. The molecule has 1 N–H and O–H groups in total. The van der Waals surface area contributed by atoms with E-state index in [4.69, 9.17) is 0 Å². The molecule has 1 saturated heterocycles. The van der Waals surface area contributed by atoms with E-state index in [1.807, 2.05) is 0 Å². The van der Waals surface area contributed by atoms with Gasteiger partial charge in [0.25, 0.3) is 0 Å². The SMILES string of the molecule is CC1C[Se]CN1. The van der Waals surface area contributed by atoms with Gasteiger partial charge in [0.05, 0.1) is 0 Å². The van der Waals surface area contributed by atoms with Crippen molar-refractivity contribution in [1.82, 2.24) is 5.32 Å². The summed E-state index contributed by atoms with van der Waals surface area (Å²) in [5, 5.41) is 4.78. The third-order valence-electron chi connectivity index (χ3n) is 0.902. The van der Waals surface area contributed by atoms with Crippen LogP contribution in [0.3, 0.4) is 0 Å². The molecule has 0 radical (unpaired) electrons. The summed E-state index contributed by atoms with van der Waals surface area (Å²) in [5.74, 6) is 0. The summed E-state index contributed by atoms with van der Waals surface area (Å²) in [5.41, 5.74) is 1.30. The first kappa shape index (κ1) is 4.63. The van der Waals surface area contributed by atoms with Crippen LogP contribution in [0.15, 0.2) is 0 Å². The van der Waals surface area contributed by atoms with Gasteiger partial charge in [-0.15, -0.1) is 0 Å². The van der Waals surface area contributed by atoms with Crippen molar-refractivity contribution in [1.29, 1.82) is 0 Å². The van der Waals surface area contributed by atoms with Gasteiger partial charge in [-0.25, -0.2) is 0 Å². The van der Waals surface area contributed by atoms with Gasteiger partial charge in [-0.3, -0.25) is 0 Å². The van der Waals surface area contributed by atoms with Crippen molar-refractivity contribution >= 4 is 15.0 Å². The van der Waals surface area contributed by atoms with Crippen molar-refractivity contribution in [3.63, 3.8) is 0 Å². The monoisotopic (exact) mass is 151 g/mol. The molecule has 1 aliphatic heterocycles. The molecular formula is C4H9NSe. The van der Waals surface area contributed by atoms with Gasteiger partial charge in [-0.05, 0) is 0 Å². The molecule has 0 aliphatic carbocycles. The van der Waals surface area contributed by atoms with Gasteiger partial charge in [-0.1, -0.05) is 0 Å². The second-order valence-electron chi connectivity index (χ2n) is 1.62. The minimum absolute atomic E-state index is 0.824. The molecule has 1 rings (SSSR count). The predicted octanol–water partition coefficient (Wildman–Crippen LogP) is 0.0581. The van der Waals surface area contributed by atoms with Crippen LogP contribution in [0.5, 0.6) is 0 Å². The Balaban J connectivity index is 2.18. The zero-order valence-corrected chi connectivity index (χ0v) is 5.61. The molecule has 0 amide bonds. The Hall–Kier alpha value is 0.479. The van der Waals surface area contributed by atoms with Crippen LogP contribution in [0.1, 0.15) is 6.92 Å². The molecule has 0 aromatic carbocycles. The quantitative estimate of drug-likeness (QED) is 0.481. The minimum atomic E-state index is 0.824. The molecule has 0 aromatic rings. The molecule has 1 atom stereocenters. The van der Waals surface area contributed by atoms with E-state index in [2.05, 4.69) is 12.2 Å². The van der Waals surface area contributed by atoms with E-state index in [0.29, 0.717) is 0 Å². The zero-order valence-electron chi connectivity index (χ0n) is 3.90. The third kappa shape index (κ3) is 0.969. The molecule has 6 heavy (non-hydrogen) atoms. The molecular weight excluding hydrogens is 141 g/mol. The fourth-order valence-electron chi connectivity index (χ4n) is 0.496. The molecule has 2 heteroatoms. The van der Waals surface area contributed by atoms with Gasteiger partial charge in [0.1, 0.15) is 0 Å². The summed E-state index contributed by atoms with van der Waals surface area (Å²) < 4.78 is 0. The number of hydrogen-bond donors (Lipinski definition) is 1. The van der Waals surface area contributed by atoms with Crippen LogP contribution in [0.4, 0.5) is 0 Å². The van der Waals surface area contributed by atoms with Crippen molar-refractivity contribution in [2.45, 2.75) is 18.3 Å². The van der Waals surface area contributed by atoms with E-state index in [0.717, 1.165) is 21.0 Å². The van der Waals surface area contributed by atoms with Crippen LogP contribution in [-0.2, 0) is 0 Å².